The van der Waals surface area contributed by atoms with Gasteiger partial charge in [0.05, 0.1) is 12.7 Å². The van der Waals surface area contributed by atoms with Crippen molar-refractivity contribution in [1.82, 2.24) is 0 Å². The molecule has 0 heterocycles. The largest absolute Gasteiger partial charge is 0.495 e. The van der Waals surface area contributed by atoms with Gasteiger partial charge >= 0.3 is 0 Å². The number of halogens is 1. The molecule has 2 aromatic rings. The molecule has 2 rings (SSSR count). The Morgan fingerprint density at radius 1 is 1.14 bits per heavy atom. The van der Waals surface area contributed by atoms with Crippen LogP contribution in [0.3, 0.4) is 0 Å². The molecule has 3 N–H and O–H groups in total. The van der Waals surface area contributed by atoms with Crippen LogP contribution in [0.25, 0.3) is 0 Å². The van der Waals surface area contributed by atoms with Crippen LogP contribution in [0.1, 0.15) is 23.7 Å². The molecule has 0 aromatic heterocycles. The van der Waals surface area contributed by atoms with Gasteiger partial charge in [-0.3, -0.25) is 9.59 Å². The maximum absolute atomic E-state index is 12.2. The molecule has 8 nitrogen and oxygen atoms in total. The summed E-state index contributed by atoms with van der Waals surface area (Å²) in [4.78, 5) is 24.0. The number of primary sulfonamides is 1. The van der Waals surface area contributed by atoms with Crippen molar-refractivity contribution in [2.24, 2.45) is 5.14 Å². The Morgan fingerprint density at radius 3 is 2.43 bits per heavy atom. The van der Waals surface area contributed by atoms with Gasteiger partial charge in [0, 0.05) is 16.6 Å². The smallest absolute Gasteiger partial charge is 0.262 e. The van der Waals surface area contributed by atoms with Crippen LogP contribution < -0.4 is 19.9 Å². The average molecular weight is 471 g/mol. The van der Waals surface area contributed by atoms with Gasteiger partial charge in [-0.2, -0.15) is 0 Å². The van der Waals surface area contributed by atoms with Gasteiger partial charge in [0.25, 0.3) is 5.91 Å². The maximum Gasteiger partial charge on any atom is 0.262 e. The number of hydrogen-bond donors (Lipinski definition) is 2. The topological polar surface area (TPSA) is 125 Å². The number of nitrogens with one attached hydrogen (secondary N) is 1. The van der Waals surface area contributed by atoms with Crippen LogP contribution in [0, 0.1) is 0 Å². The van der Waals surface area contributed by atoms with Crippen LogP contribution in [-0.2, 0) is 14.8 Å². The standard InChI is InChI=1S/C18H19BrN2O6S/c1-3-14(22)13-8-11(19)4-6-15(13)27-10-18(23)21-12-5-7-16(26-2)17(9-12)28(20,24)25/h4-9H,3,10H2,1-2H3,(H,21,23)(H2,20,24,25). The predicted molar refractivity (Wildman–Crippen MR) is 107 cm³/mol. The second-order valence-corrected chi connectivity index (χ2v) is 8.11. The van der Waals surface area contributed by atoms with Crippen molar-refractivity contribution < 1.29 is 27.5 Å². The first-order valence-corrected chi connectivity index (χ1v) is 10.5. The molecule has 10 heteroatoms. The lowest BCUT2D eigenvalue weighted by atomic mass is 10.1. The summed E-state index contributed by atoms with van der Waals surface area (Å²) in [7, 11) is -2.72. The van der Waals surface area contributed by atoms with Gasteiger partial charge < -0.3 is 14.8 Å². The molecule has 0 spiro atoms. The molecule has 0 radical (unpaired) electrons. The molecule has 1 amide bonds. The Kier molecular flexibility index (Phi) is 7.17. The highest BCUT2D eigenvalue weighted by Gasteiger charge is 2.17. The second kappa shape index (κ2) is 9.18. The molecule has 0 unspecified atom stereocenters. The molecule has 0 saturated carbocycles. The number of methoxy groups -OCH3 is 1. The first kappa shape index (κ1) is 21.9. The summed E-state index contributed by atoms with van der Waals surface area (Å²) in [6.07, 6.45) is 0.293. The van der Waals surface area contributed by atoms with Crippen LogP contribution >= 0.6 is 15.9 Å². The number of benzene rings is 2. The fourth-order valence-electron chi connectivity index (χ4n) is 2.35. The highest BCUT2D eigenvalue weighted by molar-refractivity contribution is 9.10. The minimum atomic E-state index is -4.03. The van der Waals surface area contributed by atoms with Crippen molar-refractivity contribution in [2.75, 3.05) is 19.0 Å². The van der Waals surface area contributed by atoms with Gasteiger partial charge in [0.15, 0.2) is 12.4 Å². The Morgan fingerprint density at radius 2 is 1.82 bits per heavy atom. The molecule has 28 heavy (non-hydrogen) atoms. The van der Waals surface area contributed by atoms with E-state index < -0.39 is 15.9 Å². The van der Waals surface area contributed by atoms with Gasteiger partial charge in [-0.15, -0.1) is 0 Å². The molecule has 0 aliphatic carbocycles. The number of sulfonamides is 1. The van der Waals surface area contributed by atoms with Gasteiger partial charge in [-0.1, -0.05) is 22.9 Å². The van der Waals surface area contributed by atoms with E-state index in [1.807, 2.05) is 0 Å². The molecule has 0 fully saturated rings. The number of carbonyl (C=O) groups excluding carboxylic acids is 2. The highest BCUT2D eigenvalue weighted by atomic mass is 79.9. The maximum atomic E-state index is 12.2. The summed E-state index contributed by atoms with van der Waals surface area (Å²) in [5, 5.41) is 7.67. The van der Waals surface area contributed by atoms with Gasteiger partial charge in [-0.05, 0) is 36.4 Å². The first-order valence-electron chi connectivity index (χ1n) is 8.12. The van der Waals surface area contributed by atoms with Crippen LogP contribution in [0.2, 0.25) is 0 Å². The summed E-state index contributed by atoms with van der Waals surface area (Å²) >= 11 is 3.30. The lowest BCUT2D eigenvalue weighted by Gasteiger charge is -2.12. The van der Waals surface area contributed by atoms with Crippen LogP contribution in [0.5, 0.6) is 11.5 Å². The summed E-state index contributed by atoms with van der Waals surface area (Å²) < 4.78 is 34.4. The number of nitrogens with two attached hydrogens (primary N) is 1. The zero-order valence-electron chi connectivity index (χ0n) is 15.2. The molecule has 0 atom stereocenters. The number of amides is 1. The fraction of sp³-hybridized carbons (Fsp3) is 0.222. The Balaban J connectivity index is 2.13. The van der Waals surface area contributed by atoms with Crippen molar-refractivity contribution in [1.29, 1.82) is 0 Å². The van der Waals surface area contributed by atoms with Crippen molar-refractivity contribution in [3.05, 3.63) is 46.4 Å². The number of ketones is 1. The van der Waals surface area contributed by atoms with E-state index >= 15 is 0 Å². The zero-order valence-corrected chi connectivity index (χ0v) is 17.6. The molecular formula is C18H19BrN2O6S. The van der Waals surface area contributed by atoms with E-state index in [2.05, 4.69) is 21.2 Å². The van der Waals surface area contributed by atoms with Gasteiger partial charge in [0.1, 0.15) is 16.4 Å². The molecule has 0 aliphatic heterocycles. The molecular weight excluding hydrogens is 452 g/mol. The van der Waals surface area contributed by atoms with E-state index in [-0.39, 0.29) is 34.5 Å². The van der Waals surface area contributed by atoms with E-state index in [0.29, 0.717) is 12.0 Å². The molecule has 150 valence electrons. The van der Waals surface area contributed by atoms with Gasteiger partial charge in [-0.25, -0.2) is 13.6 Å². The molecule has 0 aliphatic rings. The van der Waals surface area contributed by atoms with E-state index in [1.54, 1.807) is 25.1 Å². The fourth-order valence-corrected chi connectivity index (χ4v) is 3.44. The van der Waals surface area contributed by atoms with E-state index in [9.17, 15) is 18.0 Å². The normalized spacial score (nSPS) is 11.0. The Labute approximate surface area is 171 Å². The van der Waals surface area contributed by atoms with Crippen molar-refractivity contribution in [3.8, 4) is 11.5 Å². The minimum Gasteiger partial charge on any atom is -0.495 e. The van der Waals surface area contributed by atoms with E-state index in [1.165, 1.54) is 25.3 Å². The van der Waals surface area contributed by atoms with E-state index in [0.717, 1.165) is 4.47 Å². The Hall–Kier alpha value is -2.43. The van der Waals surface area contributed by atoms with Crippen LogP contribution in [-0.4, -0.2) is 33.8 Å². The Bertz CT molecular complexity index is 1010. The first-order chi connectivity index (χ1) is 13.2. The molecule has 0 bridgehead atoms. The zero-order chi connectivity index (χ0) is 20.9. The number of Topliss-reactive ketones (excluding diaryl/α,β-unsaturated/α-hetero) is 1. The summed E-state index contributed by atoms with van der Waals surface area (Å²) in [5.74, 6) is -0.313. The monoisotopic (exact) mass is 470 g/mol. The van der Waals surface area contributed by atoms with Crippen LogP contribution in [0.15, 0.2) is 45.8 Å². The lowest BCUT2D eigenvalue weighted by Crippen LogP contribution is -2.21. The average Bonchev–Trinajstić information content (AvgIpc) is 2.65. The highest BCUT2D eigenvalue weighted by Crippen LogP contribution is 2.27. The van der Waals surface area contributed by atoms with Crippen molar-refractivity contribution in [2.45, 2.75) is 18.2 Å². The second-order valence-electron chi connectivity index (χ2n) is 5.66. The van der Waals surface area contributed by atoms with Gasteiger partial charge in [0.2, 0.25) is 10.0 Å². The summed E-state index contributed by atoms with van der Waals surface area (Å²) in [6.45, 7) is 1.36. The number of carbonyl (C=O) groups is 2. The minimum absolute atomic E-state index is 0.0642. The third kappa shape index (κ3) is 5.54. The summed E-state index contributed by atoms with van der Waals surface area (Å²) in [5.41, 5.74) is 0.574. The van der Waals surface area contributed by atoms with Crippen molar-refractivity contribution in [3.63, 3.8) is 0 Å². The molecule has 0 saturated heterocycles. The third-order valence-electron chi connectivity index (χ3n) is 3.68. The number of ether oxygens (including phenoxy) is 2. The number of anilines is 1. The predicted octanol–water partition coefficient (Wildman–Crippen LogP) is 2.72. The molecule has 2 aromatic carbocycles. The number of hydrogen-bond acceptors (Lipinski definition) is 6. The SMILES string of the molecule is CCC(=O)c1cc(Br)ccc1OCC(=O)Nc1ccc(OC)c(S(N)(=O)=O)c1. The van der Waals surface area contributed by atoms with E-state index in [4.69, 9.17) is 14.6 Å². The summed E-state index contributed by atoms with van der Waals surface area (Å²) in [6, 6.07) is 8.95. The number of rotatable bonds is 8. The lowest BCUT2D eigenvalue weighted by molar-refractivity contribution is -0.118. The quantitative estimate of drug-likeness (QED) is 0.571. The van der Waals surface area contributed by atoms with Crippen LogP contribution in [0.4, 0.5) is 5.69 Å². The third-order valence-corrected chi connectivity index (χ3v) is 5.10. The van der Waals surface area contributed by atoms with Crippen molar-refractivity contribution >= 4 is 43.3 Å².